The Morgan fingerprint density at radius 2 is 2.32 bits per heavy atom. The van der Waals surface area contributed by atoms with Gasteiger partial charge in [-0.25, -0.2) is 0 Å². The Hall–Kier alpha value is -1.00. The molecule has 1 aromatic carbocycles. The van der Waals surface area contributed by atoms with E-state index in [9.17, 15) is 4.79 Å². The van der Waals surface area contributed by atoms with Gasteiger partial charge in [-0.05, 0) is 48.9 Å². The second kappa shape index (κ2) is 5.55. The van der Waals surface area contributed by atoms with E-state index in [1.807, 2.05) is 4.90 Å². The average molecular weight is 276 g/mol. The van der Waals surface area contributed by atoms with Gasteiger partial charge in [-0.15, -0.1) is 11.8 Å². The van der Waals surface area contributed by atoms with Crippen LogP contribution < -0.4 is 5.32 Å². The lowest BCUT2D eigenvalue weighted by atomic mass is 9.98. The molecule has 0 spiro atoms. The Morgan fingerprint density at radius 3 is 3.05 bits per heavy atom. The maximum atomic E-state index is 12.4. The fraction of sp³-hybridized carbons (Fsp3) is 0.533. The lowest BCUT2D eigenvalue weighted by Gasteiger charge is -2.31. The van der Waals surface area contributed by atoms with Crippen LogP contribution >= 0.6 is 11.8 Å². The van der Waals surface area contributed by atoms with Gasteiger partial charge < -0.3 is 10.2 Å². The van der Waals surface area contributed by atoms with E-state index in [-0.39, 0.29) is 5.92 Å². The van der Waals surface area contributed by atoms with Crippen molar-refractivity contribution in [3.63, 3.8) is 0 Å². The first-order chi connectivity index (χ1) is 9.28. The highest BCUT2D eigenvalue weighted by molar-refractivity contribution is 7.98. The molecule has 3 rings (SSSR count). The molecule has 1 fully saturated rings. The Labute approximate surface area is 118 Å². The van der Waals surface area contributed by atoms with E-state index in [4.69, 9.17) is 0 Å². The van der Waals surface area contributed by atoms with Crippen LogP contribution in [0.15, 0.2) is 23.1 Å². The van der Waals surface area contributed by atoms with Crippen LogP contribution in [0.5, 0.6) is 0 Å². The van der Waals surface area contributed by atoms with Gasteiger partial charge in [0, 0.05) is 24.5 Å². The Balaban J connectivity index is 1.73. The van der Waals surface area contributed by atoms with Crippen molar-refractivity contribution >= 4 is 17.7 Å². The topological polar surface area (TPSA) is 32.3 Å². The zero-order valence-electron chi connectivity index (χ0n) is 11.3. The van der Waals surface area contributed by atoms with Crippen LogP contribution in [0.2, 0.25) is 0 Å². The fourth-order valence-electron chi connectivity index (χ4n) is 2.97. The molecule has 2 aliphatic heterocycles. The lowest BCUT2D eigenvalue weighted by molar-refractivity contribution is -0.135. The van der Waals surface area contributed by atoms with Crippen LogP contribution in [0.1, 0.15) is 17.5 Å². The number of carbonyl (C=O) groups is 1. The first kappa shape index (κ1) is 13.0. The minimum absolute atomic E-state index is 0.201. The molecule has 2 aliphatic rings. The normalized spacial score (nSPS) is 22.4. The molecule has 2 heterocycles. The van der Waals surface area contributed by atoms with Crippen molar-refractivity contribution in [2.75, 3.05) is 25.9 Å². The minimum atomic E-state index is 0.201. The molecule has 1 amide bonds. The standard InChI is InChI=1S/C15H20N2OS/c1-19-14-3-2-13-10-17(7-5-11(13)8-14)15(18)12-4-6-16-9-12/h2-3,8,12,16H,4-7,9-10H2,1H3. The van der Waals surface area contributed by atoms with E-state index in [0.29, 0.717) is 5.91 Å². The molecular weight excluding hydrogens is 256 g/mol. The van der Waals surface area contributed by atoms with E-state index in [1.54, 1.807) is 11.8 Å². The average Bonchev–Trinajstić information content (AvgIpc) is 2.99. The Bertz CT molecular complexity index is 483. The molecule has 19 heavy (non-hydrogen) atoms. The molecule has 102 valence electrons. The molecule has 0 aliphatic carbocycles. The predicted octanol–water partition coefficient (Wildman–Crippen LogP) is 1.90. The molecule has 0 radical (unpaired) electrons. The largest absolute Gasteiger partial charge is 0.338 e. The molecule has 0 bridgehead atoms. The summed E-state index contributed by atoms with van der Waals surface area (Å²) in [7, 11) is 0. The molecule has 1 saturated heterocycles. The maximum absolute atomic E-state index is 12.4. The zero-order chi connectivity index (χ0) is 13.2. The van der Waals surface area contributed by atoms with Crippen LogP contribution in [0, 0.1) is 5.92 Å². The maximum Gasteiger partial charge on any atom is 0.227 e. The van der Waals surface area contributed by atoms with Gasteiger partial charge in [-0.3, -0.25) is 4.79 Å². The van der Waals surface area contributed by atoms with E-state index in [1.165, 1.54) is 16.0 Å². The molecule has 0 aromatic heterocycles. The van der Waals surface area contributed by atoms with Crippen molar-refractivity contribution in [3.8, 4) is 0 Å². The van der Waals surface area contributed by atoms with E-state index < -0.39 is 0 Å². The second-order valence-electron chi connectivity index (χ2n) is 5.33. The van der Waals surface area contributed by atoms with Gasteiger partial charge in [0.2, 0.25) is 5.91 Å². The number of hydrogen-bond donors (Lipinski definition) is 1. The summed E-state index contributed by atoms with van der Waals surface area (Å²) >= 11 is 1.78. The zero-order valence-corrected chi connectivity index (χ0v) is 12.1. The highest BCUT2D eigenvalue weighted by Crippen LogP contribution is 2.25. The first-order valence-corrected chi connectivity index (χ1v) is 8.15. The lowest BCUT2D eigenvalue weighted by Crippen LogP contribution is -2.40. The summed E-state index contributed by atoms with van der Waals surface area (Å²) in [5.74, 6) is 0.539. The minimum Gasteiger partial charge on any atom is -0.338 e. The molecule has 1 N–H and O–H groups in total. The fourth-order valence-corrected chi connectivity index (χ4v) is 3.43. The summed E-state index contributed by atoms with van der Waals surface area (Å²) in [6.45, 7) is 3.50. The van der Waals surface area contributed by atoms with E-state index in [0.717, 1.165) is 39.0 Å². The number of nitrogens with one attached hydrogen (secondary N) is 1. The molecule has 4 heteroatoms. The van der Waals surface area contributed by atoms with Gasteiger partial charge in [0.05, 0.1) is 5.92 Å². The summed E-state index contributed by atoms with van der Waals surface area (Å²) in [6, 6.07) is 6.63. The third-order valence-electron chi connectivity index (χ3n) is 4.15. The number of hydrogen-bond acceptors (Lipinski definition) is 3. The molecular formula is C15H20N2OS. The third-order valence-corrected chi connectivity index (χ3v) is 4.87. The summed E-state index contributed by atoms with van der Waals surface area (Å²) in [4.78, 5) is 15.8. The van der Waals surface area contributed by atoms with Gasteiger partial charge in [0.25, 0.3) is 0 Å². The van der Waals surface area contributed by atoms with Gasteiger partial charge in [-0.2, -0.15) is 0 Å². The molecule has 1 aromatic rings. The summed E-state index contributed by atoms with van der Waals surface area (Å²) in [5.41, 5.74) is 2.74. The van der Waals surface area contributed by atoms with Crippen molar-refractivity contribution in [2.24, 2.45) is 5.92 Å². The summed E-state index contributed by atoms with van der Waals surface area (Å²) < 4.78 is 0. The van der Waals surface area contributed by atoms with Crippen LogP contribution in [0.25, 0.3) is 0 Å². The molecule has 0 saturated carbocycles. The predicted molar refractivity (Wildman–Crippen MR) is 78.3 cm³/mol. The number of benzene rings is 1. The number of thioether (sulfide) groups is 1. The summed E-state index contributed by atoms with van der Waals surface area (Å²) in [6.07, 6.45) is 4.09. The van der Waals surface area contributed by atoms with Gasteiger partial charge >= 0.3 is 0 Å². The number of nitrogens with zero attached hydrogens (tertiary/aromatic N) is 1. The van der Waals surface area contributed by atoms with Crippen molar-refractivity contribution in [3.05, 3.63) is 29.3 Å². The number of rotatable bonds is 2. The molecule has 1 unspecified atom stereocenters. The quantitative estimate of drug-likeness (QED) is 0.837. The smallest absolute Gasteiger partial charge is 0.227 e. The van der Waals surface area contributed by atoms with E-state index in [2.05, 4.69) is 29.8 Å². The number of amides is 1. The Morgan fingerprint density at radius 1 is 1.42 bits per heavy atom. The highest BCUT2D eigenvalue weighted by Gasteiger charge is 2.29. The first-order valence-electron chi connectivity index (χ1n) is 6.93. The number of fused-ring (bicyclic) bond motifs is 1. The van der Waals surface area contributed by atoms with Gasteiger partial charge in [-0.1, -0.05) is 6.07 Å². The van der Waals surface area contributed by atoms with Crippen molar-refractivity contribution in [2.45, 2.75) is 24.3 Å². The number of carbonyl (C=O) groups excluding carboxylic acids is 1. The van der Waals surface area contributed by atoms with Crippen LogP contribution in [-0.2, 0) is 17.8 Å². The van der Waals surface area contributed by atoms with Crippen molar-refractivity contribution < 1.29 is 4.79 Å². The van der Waals surface area contributed by atoms with Gasteiger partial charge in [0.1, 0.15) is 0 Å². The van der Waals surface area contributed by atoms with Crippen molar-refractivity contribution in [1.29, 1.82) is 0 Å². The van der Waals surface area contributed by atoms with Crippen LogP contribution in [-0.4, -0.2) is 36.7 Å². The molecule has 1 atom stereocenters. The Kier molecular flexibility index (Phi) is 3.80. The van der Waals surface area contributed by atoms with E-state index >= 15 is 0 Å². The highest BCUT2D eigenvalue weighted by atomic mass is 32.2. The third kappa shape index (κ3) is 2.65. The van der Waals surface area contributed by atoms with Gasteiger partial charge in [0.15, 0.2) is 0 Å². The monoisotopic (exact) mass is 276 g/mol. The van der Waals surface area contributed by atoms with Crippen LogP contribution in [0.3, 0.4) is 0 Å². The SMILES string of the molecule is CSc1ccc2c(c1)CCN(C(=O)C1CCNC1)C2. The summed E-state index contributed by atoms with van der Waals surface area (Å²) in [5, 5.41) is 3.28. The second-order valence-corrected chi connectivity index (χ2v) is 6.21. The molecule has 3 nitrogen and oxygen atoms in total. The van der Waals surface area contributed by atoms with Crippen LogP contribution in [0.4, 0.5) is 0 Å². The van der Waals surface area contributed by atoms with Crippen molar-refractivity contribution in [1.82, 2.24) is 10.2 Å².